The lowest BCUT2D eigenvalue weighted by Crippen LogP contribution is -2.42. The van der Waals surface area contributed by atoms with Crippen LogP contribution in [0.4, 0.5) is 5.82 Å². The quantitative estimate of drug-likeness (QED) is 0.246. The van der Waals surface area contributed by atoms with E-state index in [9.17, 15) is 14.5 Å². The van der Waals surface area contributed by atoms with Crippen LogP contribution in [0.25, 0.3) is 11.2 Å². The summed E-state index contributed by atoms with van der Waals surface area (Å²) in [6.07, 6.45) is 3.43. The maximum absolute atomic E-state index is 14.0. The molecule has 3 atom stereocenters. The molecular formula is C20H34N7O5P. The van der Waals surface area contributed by atoms with Crippen LogP contribution >= 0.6 is 7.52 Å². The van der Waals surface area contributed by atoms with Gasteiger partial charge in [-0.3, -0.25) is 9.36 Å². The van der Waals surface area contributed by atoms with E-state index in [1.54, 1.807) is 31.7 Å². The number of imidazole rings is 1. The molecule has 0 saturated carbocycles. The van der Waals surface area contributed by atoms with Gasteiger partial charge in [0.15, 0.2) is 11.5 Å². The molecule has 0 aliphatic carbocycles. The second-order valence-corrected chi connectivity index (χ2v) is 10.2. The van der Waals surface area contributed by atoms with E-state index in [2.05, 4.69) is 20.1 Å². The van der Waals surface area contributed by atoms with Gasteiger partial charge in [-0.15, -0.1) is 0 Å². The normalized spacial score (nSPS) is 15.4. The molecule has 2 aromatic heterocycles. The summed E-state index contributed by atoms with van der Waals surface area (Å²) in [5.41, 5.74) is 7.60. The summed E-state index contributed by atoms with van der Waals surface area (Å²) in [5, 5.41) is 13.7. The Labute approximate surface area is 193 Å². The minimum atomic E-state index is -3.80. The lowest BCUT2D eigenvalue weighted by Gasteiger charge is -2.35. The van der Waals surface area contributed by atoms with E-state index in [0.717, 1.165) is 5.71 Å². The predicted molar refractivity (Wildman–Crippen MR) is 126 cm³/mol. The second kappa shape index (κ2) is 11.5. The predicted octanol–water partition coefficient (Wildman–Crippen LogP) is 3.34. The third-order valence-electron chi connectivity index (χ3n) is 5.15. The van der Waals surface area contributed by atoms with Crippen LogP contribution in [-0.4, -0.2) is 65.5 Å². The number of carbonyl (C=O) groups is 1. The molecule has 0 bridgehead atoms. The van der Waals surface area contributed by atoms with E-state index in [4.69, 9.17) is 15.1 Å². The number of aliphatic carboxylic acids is 1. The third-order valence-corrected chi connectivity index (χ3v) is 7.48. The fourth-order valence-electron chi connectivity index (χ4n) is 3.39. The number of anilines is 1. The Morgan fingerprint density at radius 2 is 1.91 bits per heavy atom. The van der Waals surface area contributed by atoms with Crippen molar-refractivity contribution in [2.24, 2.45) is 5.16 Å². The number of oxime groups is 1. The Hall–Kier alpha value is -2.56. The van der Waals surface area contributed by atoms with Gasteiger partial charge in [-0.25, -0.2) is 19.6 Å². The van der Waals surface area contributed by atoms with E-state index in [-0.39, 0.29) is 18.2 Å². The maximum atomic E-state index is 14.0. The van der Waals surface area contributed by atoms with Crippen molar-refractivity contribution in [1.82, 2.24) is 24.2 Å². The van der Waals surface area contributed by atoms with Crippen molar-refractivity contribution in [2.75, 3.05) is 12.1 Å². The molecule has 3 N–H and O–H groups in total. The zero-order valence-electron chi connectivity index (χ0n) is 20.0. The van der Waals surface area contributed by atoms with Crippen molar-refractivity contribution in [3.05, 3.63) is 12.7 Å². The van der Waals surface area contributed by atoms with E-state index in [1.807, 2.05) is 13.8 Å². The lowest BCUT2D eigenvalue weighted by atomic mass is 10.2. The van der Waals surface area contributed by atoms with Gasteiger partial charge < -0.3 is 24.8 Å². The van der Waals surface area contributed by atoms with Crippen LogP contribution in [0.3, 0.4) is 0 Å². The molecule has 184 valence electrons. The molecule has 0 aliphatic rings. The number of carboxylic acids is 1. The van der Waals surface area contributed by atoms with Crippen molar-refractivity contribution >= 4 is 36.2 Å². The van der Waals surface area contributed by atoms with Crippen LogP contribution in [0.1, 0.15) is 54.4 Å². The third kappa shape index (κ3) is 6.49. The molecule has 33 heavy (non-hydrogen) atoms. The average Bonchev–Trinajstić information content (AvgIpc) is 3.17. The summed E-state index contributed by atoms with van der Waals surface area (Å²) in [6, 6.07) is -1.45. The molecule has 12 nitrogen and oxygen atoms in total. The average molecular weight is 484 g/mol. The van der Waals surface area contributed by atoms with Crippen LogP contribution in [0, 0.1) is 0 Å². The maximum Gasteiger partial charge on any atom is 0.367 e. The van der Waals surface area contributed by atoms with Gasteiger partial charge in [-0.05, 0) is 40.5 Å². The van der Waals surface area contributed by atoms with E-state index in [0.29, 0.717) is 30.6 Å². The SMILES string of the molecule is CCC(CC)=NOP(=O)(COC(C)Cn1cnc2c(N)ncnc21)N(C(C)C)C(C)C(=O)O. The minimum absolute atomic E-state index is 0.279. The van der Waals surface area contributed by atoms with E-state index in [1.165, 1.54) is 17.9 Å². The van der Waals surface area contributed by atoms with Crippen molar-refractivity contribution in [1.29, 1.82) is 0 Å². The number of nitrogens with zero attached hydrogens (tertiary/aromatic N) is 6. The molecule has 3 unspecified atom stereocenters. The van der Waals surface area contributed by atoms with Crippen LogP contribution in [-0.2, 0) is 25.3 Å². The van der Waals surface area contributed by atoms with Crippen molar-refractivity contribution < 1.29 is 23.8 Å². The number of nitrogen functional groups attached to an aromatic ring is 1. The molecule has 2 rings (SSSR count). The summed E-state index contributed by atoms with van der Waals surface area (Å²) in [6.45, 7) is 11.0. The number of rotatable bonds is 13. The highest BCUT2D eigenvalue weighted by atomic mass is 31.2. The highest BCUT2D eigenvalue weighted by Crippen LogP contribution is 2.54. The molecule has 0 radical (unpaired) electrons. The van der Waals surface area contributed by atoms with Gasteiger partial charge in [-0.2, -0.15) is 0 Å². The van der Waals surface area contributed by atoms with Crippen molar-refractivity contribution in [3.8, 4) is 0 Å². The van der Waals surface area contributed by atoms with Crippen LogP contribution in [0.5, 0.6) is 0 Å². The van der Waals surface area contributed by atoms with Gasteiger partial charge in [0.1, 0.15) is 24.2 Å². The monoisotopic (exact) mass is 483 g/mol. The van der Waals surface area contributed by atoms with E-state index >= 15 is 0 Å². The van der Waals surface area contributed by atoms with Crippen LogP contribution < -0.4 is 5.73 Å². The van der Waals surface area contributed by atoms with Gasteiger partial charge in [-0.1, -0.05) is 19.0 Å². The molecule has 2 heterocycles. The molecule has 0 fully saturated rings. The summed E-state index contributed by atoms with van der Waals surface area (Å²) >= 11 is 0. The van der Waals surface area contributed by atoms with Crippen LogP contribution in [0.15, 0.2) is 17.8 Å². The molecule has 0 aromatic carbocycles. The Bertz CT molecular complexity index is 1020. The molecule has 0 aliphatic heterocycles. The zero-order chi connectivity index (χ0) is 24.8. The summed E-state index contributed by atoms with van der Waals surface area (Å²) in [7, 11) is -3.80. The number of hydrogen-bond donors (Lipinski definition) is 2. The number of fused-ring (bicyclic) bond motifs is 1. The molecule has 0 spiro atoms. The first kappa shape index (κ1) is 26.7. The largest absolute Gasteiger partial charge is 0.480 e. The fraction of sp³-hybridized carbons (Fsp3) is 0.650. The van der Waals surface area contributed by atoms with E-state index < -0.39 is 25.6 Å². The number of hydrogen-bond acceptors (Lipinski definition) is 9. The lowest BCUT2D eigenvalue weighted by molar-refractivity contribution is -0.141. The van der Waals surface area contributed by atoms with Crippen LogP contribution in [0.2, 0.25) is 0 Å². The smallest absolute Gasteiger partial charge is 0.367 e. The van der Waals surface area contributed by atoms with Gasteiger partial charge in [0, 0.05) is 6.04 Å². The summed E-state index contributed by atoms with van der Waals surface area (Å²) in [5.74, 6) is -0.834. The Kier molecular flexibility index (Phi) is 9.33. The number of aromatic nitrogens is 4. The van der Waals surface area contributed by atoms with Gasteiger partial charge >= 0.3 is 13.5 Å². The number of nitrogens with two attached hydrogens (primary N) is 1. The minimum Gasteiger partial charge on any atom is -0.480 e. The topological polar surface area (TPSA) is 158 Å². The molecular weight excluding hydrogens is 449 g/mol. The first-order valence-corrected chi connectivity index (χ1v) is 12.7. The zero-order valence-corrected chi connectivity index (χ0v) is 20.9. The first-order valence-electron chi connectivity index (χ1n) is 10.9. The highest BCUT2D eigenvalue weighted by Gasteiger charge is 2.42. The highest BCUT2D eigenvalue weighted by molar-refractivity contribution is 7.56. The standard InChI is InChI=1S/C20H34N7O5P/c1-7-16(8-2)25-32-33(30,27(13(3)4)15(6)20(28)29)12-31-14(5)9-26-11-24-17-18(21)22-10-23-19(17)26/h10-11,13-15H,7-9,12H2,1-6H3,(H,28,29)(H2,21,22,23). The number of ether oxygens (including phenoxy) is 1. The van der Waals surface area contributed by atoms with Crippen molar-refractivity contribution in [3.63, 3.8) is 0 Å². The molecule has 13 heteroatoms. The Morgan fingerprint density at radius 1 is 1.24 bits per heavy atom. The number of carboxylic acid groups (broad SMARTS) is 1. The van der Waals surface area contributed by atoms with Gasteiger partial charge in [0.05, 0.1) is 24.7 Å². The molecule has 0 saturated heterocycles. The van der Waals surface area contributed by atoms with Gasteiger partial charge in [0.25, 0.3) is 0 Å². The van der Waals surface area contributed by atoms with Crippen molar-refractivity contribution in [2.45, 2.75) is 79.1 Å². The Morgan fingerprint density at radius 3 is 2.48 bits per heavy atom. The Balaban J connectivity index is 2.25. The summed E-state index contributed by atoms with van der Waals surface area (Å²) < 4.78 is 28.5. The molecule has 0 amide bonds. The fourth-order valence-corrected chi connectivity index (χ4v) is 5.67. The first-order chi connectivity index (χ1) is 15.5. The summed E-state index contributed by atoms with van der Waals surface area (Å²) in [4.78, 5) is 24.1. The van der Waals surface area contributed by atoms with Gasteiger partial charge in [0.2, 0.25) is 0 Å². The molecule has 2 aromatic rings. The second-order valence-electron chi connectivity index (χ2n) is 8.01.